The molecule has 11 heavy (non-hydrogen) atoms. The van der Waals surface area contributed by atoms with Crippen LogP contribution in [0.15, 0.2) is 11.3 Å². The molecule has 1 atom stereocenters. The van der Waals surface area contributed by atoms with Gasteiger partial charge in [0.15, 0.2) is 0 Å². The van der Waals surface area contributed by atoms with E-state index >= 15 is 0 Å². The van der Waals surface area contributed by atoms with Crippen LogP contribution >= 0.6 is 0 Å². The zero-order valence-electron chi connectivity index (χ0n) is 6.20. The molecule has 4 nitrogen and oxygen atoms in total. The maximum absolute atomic E-state index is 10.7. The highest BCUT2D eigenvalue weighted by Gasteiger charge is 2.30. The van der Waals surface area contributed by atoms with Crippen molar-refractivity contribution in [2.75, 3.05) is 6.61 Å². The molecule has 0 aromatic carbocycles. The van der Waals surface area contributed by atoms with Crippen LogP contribution in [0.3, 0.4) is 0 Å². The van der Waals surface area contributed by atoms with Crippen molar-refractivity contribution in [3.63, 3.8) is 0 Å². The first-order valence-electron chi connectivity index (χ1n) is 3.38. The largest absolute Gasteiger partial charge is 0.502 e. The Bertz CT molecular complexity index is 206. The van der Waals surface area contributed by atoms with E-state index < -0.39 is 12.1 Å². The predicted molar refractivity (Wildman–Crippen MR) is 36.9 cm³/mol. The zero-order valence-corrected chi connectivity index (χ0v) is 6.20. The van der Waals surface area contributed by atoms with E-state index in [9.17, 15) is 4.79 Å². The quantitative estimate of drug-likeness (QED) is 0.560. The lowest BCUT2D eigenvalue weighted by Crippen LogP contribution is -2.12. The molecule has 1 aliphatic rings. The van der Waals surface area contributed by atoms with E-state index in [1.807, 2.05) is 0 Å². The van der Waals surface area contributed by atoms with Gasteiger partial charge in [-0.05, 0) is 6.92 Å². The van der Waals surface area contributed by atoms with Crippen molar-refractivity contribution in [3.8, 4) is 0 Å². The fourth-order valence-electron chi connectivity index (χ4n) is 0.980. The first kappa shape index (κ1) is 8.07. The lowest BCUT2D eigenvalue weighted by molar-refractivity contribution is -0.142. The average Bonchev–Trinajstić information content (AvgIpc) is 2.19. The van der Waals surface area contributed by atoms with Gasteiger partial charge < -0.3 is 14.9 Å². The Balaban J connectivity index is 2.69. The van der Waals surface area contributed by atoms with Crippen LogP contribution in [0.1, 0.15) is 13.3 Å². The van der Waals surface area contributed by atoms with Gasteiger partial charge in [-0.15, -0.1) is 0 Å². The molecule has 1 unspecified atom stereocenters. The monoisotopic (exact) mass is 158 g/mol. The van der Waals surface area contributed by atoms with Crippen LogP contribution in [0.25, 0.3) is 0 Å². The minimum absolute atomic E-state index is 0.0530. The number of esters is 1. The summed E-state index contributed by atoms with van der Waals surface area (Å²) in [6.45, 7) is 1.56. The molecule has 1 heterocycles. The minimum Gasteiger partial charge on any atom is -0.502 e. The molecule has 0 saturated heterocycles. The summed E-state index contributed by atoms with van der Waals surface area (Å²) in [6, 6.07) is 0. The minimum atomic E-state index is -0.694. The Morgan fingerprint density at radius 2 is 2.27 bits per heavy atom. The van der Waals surface area contributed by atoms with Gasteiger partial charge in [0, 0.05) is 18.6 Å². The third-order valence-corrected chi connectivity index (χ3v) is 1.69. The Labute approximate surface area is 64.1 Å². The van der Waals surface area contributed by atoms with E-state index in [4.69, 9.17) is 14.9 Å². The fourth-order valence-corrected chi connectivity index (χ4v) is 0.980. The lowest BCUT2D eigenvalue weighted by atomic mass is 10.1. The number of hydrogen-bond acceptors (Lipinski definition) is 4. The normalized spacial score (nSPS) is 24.2. The molecule has 0 aliphatic carbocycles. The van der Waals surface area contributed by atoms with Crippen LogP contribution in [-0.2, 0) is 9.53 Å². The second-order valence-electron chi connectivity index (χ2n) is 2.44. The second-order valence-corrected chi connectivity index (χ2v) is 2.44. The van der Waals surface area contributed by atoms with E-state index in [0.29, 0.717) is 12.0 Å². The molecule has 1 rings (SSSR count). The number of ether oxygens (including phenoxy) is 1. The zero-order chi connectivity index (χ0) is 8.43. The molecule has 0 aromatic heterocycles. The van der Waals surface area contributed by atoms with E-state index in [2.05, 4.69) is 0 Å². The van der Waals surface area contributed by atoms with Gasteiger partial charge >= 0.3 is 5.97 Å². The van der Waals surface area contributed by atoms with Gasteiger partial charge in [0.05, 0.1) is 0 Å². The van der Waals surface area contributed by atoms with Crippen molar-refractivity contribution in [3.05, 3.63) is 11.3 Å². The van der Waals surface area contributed by atoms with Gasteiger partial charge in [-0.3, -0.25) is 0 Å². The molecule has 2 N–H and O–H groups in total. The van der Waals surface area contributed by atoms with E-state index in [1.54, 1.807) is 6.92 Å². The van der Waals surface area contributed by atoms with Gasteiger partial charge in [0.25, 0.3) is 0 Å². The van der Waals surface area contributed by atoms with Crippen LogP contribution in [0.4, 0.5) is 0 Å². The average molecular weight is 158 g/mol. The molecular weight excluding hydrogens is 148 g/mol. The molecule has 1 aliphatic heterocycles. The fraction of sp³-hybridized carbons (Fsp3) is 0.571. The third-order valence-electron chi connectivity index (χ3n) is 1.69. The summed E-state index contributed by atoms with van der Waals surface area (Å²) in [5.74, 6) is -1.01. The maximum atomic E-state index is 10.7. The topological polar surface area (TPSA) is 66.8 Å². The van der Waals surface area contributed by atoms with Crippen molar-refractivity contribution in [2.24, 2.45) is 0 Å². The number of hydrogen-bond donors (Lipinski definition) is 2. The van der Waals surface area contributed by atoms with Crippen molar-refractivity contribution in [1.82, 2.24) is 0 Å². The summed E-state index contributed by atoms with van der Waals surface area (Å²) in [4.78, 5) is 10.7. The van der Waals surface area contributed by atoms with Gasteiger partial charge in [0.2, 0.25) is 5.76 Å². The Morgan fingerprint density at radius 1 is 1.64 bits per heavy atom. The number of aliphatic hydroxyl groups is 2. The van der Waals surface area contributed by atoms with Crippen LogP contribution in [-0.4, -0.2) is 28.9 Å². The number of carbonyl (C=O) groups excluding carboxylic acids is 1. The molecular formula is C7H10O4. The van der Waals surface area contributed by atoms with Crippen LogP contribution in [0.5, 0.6) is 0 Å². The summed E-state index contributed by atoms with van der Waals surface area (Å²) in [6.07, 6.45) is -0.0887. The van der Waals surface area contributed by atoms with Crippen molar-refractivity contribution in [1.29, 1.82) is 0 Å². The SMILES string of the molecule is CC1=C(O)C(=O)OC1CCO. The Hall–Kier alpha value is -1.03. The van der Waals surface area contributed by atoms with E-state index in [1.165, 1.54) is 0 Å². The van der Waals surface area contributed by atoms with Crippen LogP contribution in [0.2, 0.25) is 0 Å². The van der Waals surface area contributed by atoms with Gasteiger partial charge in [-0.25, -0.2) is 4.79 Å². The third kappa shape index (κ3) is 1.35. The smallest absolute Gasteiger partial charge is 0.374 e. The lowest BCUT2D eigenvalue weighted by Gasteiger charge is -2.07. The number of rotatable bonds is 2. The number of carbonyl (C=O) groups is 1. The molecule has 0 fully saturated rings. The molecule has 0 spiro atoms. The first-order chi connectivity index (χ1) is 5.16. The molecule has 62 valence electrons. The molecule has 0 saturated carbocycles. The molecule has 0 radical (unpaired) electrons. The summed E-state index contributed by atoms with van der Waals surface area (Å²) in [5.41, 5.74) is 0.504. The standard InChI is InChI=1S/C7H10O4/c1-4-5(2-3-8)11-7(10)6(4)9/h5,8-9H,2-3H2,1H3. The Morgan fingerprint density at radius 3 is 2.64 bits per heavy atom. The second kappa shape index (κ2) is 2.92. The van der Waals surface area contributed by atoms with Gasteiger partial charge in [-0.2, -0.15) is 0 Å². The maximum Gasteiger partial charge on any atom is 0.374 e. The van der Waals surface area contributed by atoms with E-state index in [-0.39, 0.29) is 12.4 Å². The van der Waals surface area contributed by atoms with Crippen LogP contribution < -0.4 is 0 Å². The highest BCUT2D eigenvalue weighted by molar-refractivity contribution is 5.89. The highest BCUT2D eigenvalue weighted by Crippen LogP contribution is 2.22. The van der Waals surface area contributed by atoms with Crippen LogP contribution in [0, 0.1) is 0 Å². The summed E-state index contributed by atoms with van der Waals surface area (Å²) in [5, 5.41) is 17.5. The molecule has 0 aromatic rings. The van der Waals surface area contributed by atoms with Gasteiger partial charge in [0.1, 0.15) is 6.10 Å². The van der Waals surface area contributed by atoms with Gasteiger partial charge in [-0.1, -0.05) is 0 Å². The predicted octanol–water partition coefficient (Wildman–Crippen LogP) is 0.126. The van der Waals surface area contributed by atoms with Crippen molar-refractivity contribution >= 4 is 5.97 Å². The number of aliphatic hydroxyl groups excluding tert-OH is 2. The first-order valence-corrected chi connectivity index (χ1v) is 3.38. The molecule has 0 bridgehead atoms. The van der Waals surface area contributed by atoms with E-state index in [0.717, 1.165) is 0 Å². The van der Waals surface area contributed by atoms with Crippen molar-refractivity contribution < 1.29 is 19.7 Å². The molecule has 0 amide bonds. The summed E-state index contributed by atoms with van der Waals surface area (Å²) < 4.78 is 4.70. The summed E-state index contributed by atoms with van der Waals surface area (Å²) in [7, 11) is 0. The Kier molecular flexibility index (Phi) is 2.14. The summed E-state index contributed by atoms with van der Waals surface area (Å²) >= 11 is 0. The molecule has 4 heteroatoms. The van der Waals surface area contributed by atoms with Crippen molar-refractivity contribution in [2.45, 2.75) is 19.4 Å². The highest BCUT2D eigenvalue weighted by atomic mass is 16.6. The number of cyclic esters (lactones) is 1.